The van der Waals surface area contributed by atoms with E-state index in [-0.39, 0.29) is 0 Å². The van der Waals surface area contributed by atoms with Crippen molar-refractivity contribution in [2.75, 3.05) is 20.1 Å². The van der Waals surface area contributed by atoms with E-state index in [2.05, 4.69) is 29.5 Å². The van der Waals surface area contributed by atoms with Crippen molar-refractivity contribution in [1.82, 2.24) is 14.5 Å². The van der Waals surface area contributed by atoms with Crippen molar-refractivity contribution < 1.29 is 4.79 Å². The minimum absolute atomic E-state index is 0.432. The van der Waals surface area contributed by atoms with Gasteiger partial charge in [0.05, 0.1) is 11.0 Å². The molecule has 1 aromatic carbocycles. The summed E-state index contributed by atoms with van der Waals surface area (Å²) in [4.78, 5) is 18.2. The van der Waals surface area contributed by atoms with Crippen molar-refractivity contribution in [3.63, 3.8) is 0 Å². The molecule has 0 bridgehead atoms. The van der Waals surface area contributed by atoms with Crippen LogP contribution < -0.4 is 5.73 Å². The Labute approximate surface area is 143 Å². The number of likely N-dealkylation sites (tertiary alicyclic amines) is 1. The highest BCUT2D eigenvalue weighted by atomic mass is 16.1. The SMILES string of the molecule is CCCCc1nc2cc(C=CC(N)=O)ccc2n1C1CCN(C)C1. The molecular formula is C19H26N4O. The molecule has 1 unspecified atom stereocenters. The van der Waals surface area contributed by atoms with Crippen molar-refractivity contribution in [2.45, 2.75) is 38.6 Å². The van der Waals surface area contributed by atoms with Crippen LogP contribution in [0.2, 0.25) is 0 Å². The molecule has 5 nitrogen and oxygen atoms in total. The Hall–Kier alpha value is -2.14. The van der Waals surface area contributed by atoms with E-state index in [1.807, 2.05) is 12.1 Å². The first-order valence-corrected chi connectivity index (χ1v) is 8.75. The maximum Gasteiger partial charge on any atom is 0.241 e. The summed E-state index contributed by atoms with van der Waals surface area (Å²) in [5.41, 5.74) is 8.33. The number of aryl methyl sites for hydroxylation is 1. The number of hydrogen-bond donors (Lipinski definition) is 1. The molecular weight excluding hydrogens is 300 g/mol. The normalized spacial score (nSPS) is 18.8. The standard InChI is InChI=1S/C19H26N4O/c1-3-4-5-19-21-16-12-14(7-9-18(20)24)6-8-17(16)23(19)15-10-11-22(2)13-15/h6-9,12,15H,3-5,10-11,13H2,1-2H3,(H2,20,24). The topological polar surface area (TPSA) is 64.1 Å². The van der Waals surface area contributed by atoms with Crippen LogP contribution in [0.4, 0.5) is 0 Å². The number of likely N-dealkylation sites (N-methyl/N-ethyl adjacent to an activating group) is 1. The van der Waals surface area contributed by atoms with Gasteiger partial charge in [0, 0.05) is 25.1 Å². The van der Waals surface area contributed by atoms with Crippen LogP contribution in [0.15, 0.2) is 24.3 Å². The van der Waals surface area contributed by atoms with E-state index in [4.69, 9.17) is 10.7 Å². The number of primary amides is 1. The molecule has 2 N–H and O–H groups in total. The molecule has 0 radical (unpaired) electrons. The second-order valence-corrected chi connectivity index (χ2v) is 6.69. The predicted octanol–water partition coefficient (Wildman–Crippen LogP) is 2.75. The van der Waals surface area contributed by atoms with E-state index < -0.39 is 5.91 Å². The zero-order valence-corrected chi connectivity index (χ0v) is 14.5. The van der Waals surface area contributed by atoms with E-state index in [9.17, 15) is 4.79 Å². The molecule has 1 aliphatic heterocycles. The number of aromatic nitrogens is 2. The summed E-state index contributed by atoms with van der Waals surface area (Å²) in [5.74, 6) is 0.751. The highest BCUT2D eigenvalue weighted by Crippen LogP contribution is 2.29. The van der Waals surface area contributed by atoms with Crippen LogP contribution >= 0.6 is 0 Å². The second kappa shape index (κ2) is 7.18. The maximum absolute atomic E-state index is 10.9. The lowest BCUT2D eigenvalue weighted by atomic mass is 10.1. The van der Waals surface area contributed by atoms with Gasteiger partial charge < -0.3 is 15.2 Å². The molecule has 1 atom stereocenters. The molecule has 1 saturated heterocycles. The summed E-state index contributed by atoms with van der Waals surface area (Å²) < 4.78 is 2.44. The summed E-state index contributed by atoms with van der Waals surface area (Å²) >= 11 is 0. The van der Waals surface area contributed by atoms with Gasteiger partial charge in [0.2, 0.25) is 5.91 Å². The Bertz CT molecular complexity index is 762. The fourth-order valence-corrected chi connectivity index (χ4v) is 3.49. The lowest BCUT2D eigenvalue weighted by Gasteiger charge is -2.17. The van der Waals surface area contributed by atoms with Crippen LogP contribution in [0.25, 0.3) is 17.1 Å². The number of fused-ring (bicyclic) bond motifs is 1. The van der Waals surface area contributed by atoms with Crippen LogP contribution in [-0.2, 0) is 11.2 Å². The number of benzene rings is 1. The number of unbranched alkanes of at least 4 members (excludes halogenated alkanes) is 1. The minimum atomic E-state index is -0.432. The Morgan fingerprint density at radius 1 is 1.46 bits per heavy atom. The number of hydrogen-bond acceptors (Lipinski definition) is 3. The van der Waals surface area contributed by atoms with Crippen LogP contribution in [0.5, 0.6) is 0 Å². The van der Waals surface area contributed by atoms with Crippen molar-refractivity contribution in [3.05, 3.63) is 35.7 Å². The molecule has 0 spiro atoms. The van der Waals surface area contributed by atoms with Gasteiger partial charge >= 0.3 is 0 Å². The lowest BCUT2D eigenvalue weighted by Crippen LogP contribution is -2.18. The largest absolute Gasteiger partial charge is 0.366 e. The van der Waals surface area contributed by atoms with Crippen molar-refractivity contribution >= 4 is 23.0 Å². The van der Waals surface area contributed by atoms with Gasteiger partial charge in [0.25, 0.3) is 0 Å². The summed E-state index contributed by atoms with van der Waals surface area (Å²) in [6.07, 6.45) is 7.64. The van der Waals surface area contributed by atoms with Crippen molar-refractivity contribution in [1.29, 1.82) is 0 Å². The number of rotatable bonds is 6. The molecule has 24 heavy (non-hydrogen) atoms. The molecule has 5 heteroatoms. The van der Waals surface area contributed by atoms with Crippen LogP contribution in [0.3, 0.4) is 0 Å². The fourth-order valence-electron chi connectivity index (χ4n) is 3.49. The number of imidazole rings is 1. The quantitative estimate of drug-likeness (QED) is 0.830. The van der Waals surface area contributed by atoms with Crippen molar-refractivity contribution in [2.24, 2.45) is 5.73 Å². The monoisotopic (exact) mass is 326 g/mol. The molecule has 2 aromatic rings. The Kier molecular flexibility index (Phi) is 5.00. The van der Waals surface area contributed by atoms with Gasteiger partial charge in [-0.1, -0.05) is 19.4 Å². The zero-order valence-electron chi connectivity index (χ0n) is 14.5. The molecule has 1 aliphatic rings. The molecule has 3 rings (SSSR count). The van der Waals surface area contributed by atoms with E-state index >= 15 is 0 Å². The van der Waals surface area contributed by atoms with E-state index in [0.717, 1.165) is 37.0 Å². The second-order valence-electron chi connectivity index (χ2n) is 6.69. The summed E-state index contributed by atoms with van der Waals surface area (Å²) in [5, 5.41) is 0. The Balaban J connectivity index is 2.01. The Morgan fingerprint density at radius 2 is 2.29 bits per heavy atom. The highest BCUT2D eigenvalue weighted by molar-refractivity contribution is 5.91. The number of carbonyl (C=O) groups excluding carboxylic acids is 1. The molecule has 2 heterocycles. The van der Waals surface area contributed by atoms with Crippen LogP contribution in [0.1, 0.15) is 43.6 Å². The van der Waals surface area contributed by atoms with Gasteiger partial charge in [0.1, 0.15) is 5.82 Å². The lowest BCUT2D eigenvalue weighted by molar-refractivity contribution is -0.113. The van der Waals surface area contributed by atoms with E-state index in [0.29, 0.717) is 6.04 Å². The molecule has 128 valence electrons. The highest BCUT2D eigenvalue weighted by Gasteiger charge is 2.25. The average Bonchev–Trinajstić information content (AvgIpc) is 3.13. The minimum Gasteiger partial charge on any atom is -0.366 e. The zero-order chi connectivity index (χ0) is 17.1. The van der Waals surface area contributed by atoms with Crippen molar-refractivity contribution in [3.8, 4) is 0 Å². The number of nitrogens with two attached hydrogens (primary N) is 1. The third kappa shape index (κ3) is 3.51. The van der Waals surface area contributed by atoms with Gasteiger partial charge in [0.15, 0.2) is 0 Å². The summed E-state index contributed by atoms with van der Waals surface area (Å²) in [6.45, 7) is 4.42. The summed E-state index contributed by atoms with van der Waals surface area (Å²) in [6, 6.07) is 6.69. The van der Waals surface area contributed by atoms with Gasteiger partial charge in [-0.3, -0.25) is 4.79 Å². The molecule has 1 fully saturated rings. The fraction of sp³-hybridized carbons (Fsp3) is 0.474. The van der Waals surface area contributed by atoms with E-state index in [1.54, 1.807) is 6.08 Å². The third-order valence-corrected chi connectivity index (χ3v) is 4.71. The average molecular weight is 326 g/mol. The predicted molar refractivity (Wildman–Crippen MR) is 97.7 cm³/mol. The molecule has 0 aliphatic carbocycles. The smallest absolute Gasteiger partial charge is 0.241 e. The molecule has 0 saturated carbocycles. The van der Waals surface area contributed by atoms with Gasteiger partial charge in [-0.25, -0.2) is 4.98 Å². The third-order valence-electron chi connectivity index (χ3n) is 4.71. The van der Waals surface area contributed by atoms with Gasteiger partial charge in [-0.15, -0.1) is 0 Å². The number of nitrogens with zero attached hydrogens (tertiary/aromatic N) is 3. The molecule has 1 amide bonds. The number of amides is 1. The van der Waals surface area contributed by atoms with Crippen LogP contribution in [-0.4, -0.2) is 40.5 Å². The van der Waals surface area contributed by atoms with Gasteiger partial charge in [-0.2, -0.15) is 0 Å². The number of carbonyl (C=O) groups is 1. The van der Waals surface area contributed by atoms with E-state index in [1.165, 1.54) is 30.3 Å². The summed E-state index contributed by atoms with van der Waals surface area (Å²) in [7, 11) is 2.18. The van der Waals surface area contributed by atoms with Crippen LogP contribution in [0, 0.1) is 0 Å². The van der Waals surface area contributed by atoms with Gasteiger partial charge in [-0.05, 0) is 50.2 Å². The first kappa shape index (κ1) is 16.7. The maximum atomic E-state index is 10.9. The first-order valence-electron chi connectivity index (χ1n) is 8.75. The molecule has 1 aromatic heterocycles. The first-order chi connectivity index (χ1) is 11.6. The Morgan fingerprint density at radius 3 is 2.96 bits per heavy atom.